The van der Waals surface area contributed by atoms with Crippen LogP contribution in [0.4, 0.5) is 0 Å². The van der Waals surface area contributed by atoms with E-state index < -0.39 is 20.0 Å². The molecule has 0 saturated carbocycles. The summed E-state index contributed by atoms with van der Waals surface area (Å²) in [5.74, 6) is -0.171. The number of phosphoric acid groups is 1. The van der Waals surface area contributed by atoms with Gasteiger partial charge in [0, 0.05) is 6.42 Å². The molecule has 1 amide bonds. The number of carbonyl (C=O) groups excluding carboxylic acids is 1. The normalized spacial score (nSPS) is 14.1. The van der Waals surface area contributed by atoms with Gasteiger partial charge in [0.25, 0.3) is 0 Å². The second-order valence-electron chi connectivity index (χ2n) is 19.6. The van der Waals surface area contributed by atoms with Crippen molar-refractivity contribution >= 4 is 13.7 Å². The van der Waals surface area contributed by atoms with Gasteiger partial charge in [-0.2, -0.15) is 0 Å². The Kier molecular flexibility index (Phi) is 43.9. The van der Waals surface area contributed by atoms with Crippen LogP contribution in [0, 0.1) is 0 Å². The molecule has 9 heteroatoms. The summed E-state index contributed by atoms with van der Waals surface area (Å²) in [7, 11) is 1.59. The van der Waals surface area contributed by atoms with E-state index in [1.165, 1.54) is 205 Å². The largest absolute Gasteiger partial charge is 0.472 e. The summed E-state index contributed by atoms with van der Waals surface area (Å²) in [5.41, 5.74) is 0. The van der Waals surface area contributed by atoms with Gasteiger partial charge in [-0.25, -0.2) is 4.57 Å². The van der Waals surface area contributed by atoms with Crippen LogP contribution >= 0.6 is 7.82 Å². The zero-order valence-electron chi connectivity index (χ0n) is 41.4. The average Bonchev–Trinajstić information content (AvgIpc) is 3.21. The molecule has 364 valence electrons. The van der Waals surface area contributed by atoms with E-state index in [2.05, 4.69) is 19.2 Å². The third-order valence-corrected chi connectivity index (χ3v) is 13.2. The summed E-state index contributed by atoms with van der Waals surface area (Å²) in [6, 6.07) is -0.840. The van der Waals surface area contributed by atoms with Crippen LogP contribution < -0.4 is 5.32 Å². The third-order valence-electron chi connectivity index (χ3n) is 12.3. The number of likely N-dealkylation sites (N-methyl/N-ethyl adjacent to an activating group) is 1. The fraction of sp³-hybridized carbons (Fsp3) is 0.942. The Morgan fingerprint density at radius 3 is 1.21 bits per heavy atom. The molecule has 0 bridgehead atoms. The van der Waals surface area contributed by atoms with E-state index in [0.717, 1.165) is 38.5 Å². The van der Waals surface area contributed by atoms with Gasteiger partial charge in [-0.3, -0.25) is 13.8 Å². The monoisotopic (exact) mass is 886 g/mol. The van der Waals surface area contributed by atoms with E-state index in [0.29, 0.717) is 17.4 Å². The van der Waals surface area contributed by atoms with Gasteiger partial charge in [0.1, 0.15) is 13.2 Å². The van der Waals surface area contributed by atoms with E-state index in [1.807, 2.05) is 27.2 Å². The fourth-order valence-corrected chi connectivity index (χ4v) is 8.78. The second kappa shape index (κ2) is 44.4. The highest BCUT2D eigenvalue weighted by Crippen LogP contribution is 2.43. The van der Waals surface area contributed by atoms with E-state index in [4.69, 9.17) is 9.05 Å². The number of unbranched alkanes of at least 4 members (excludes halogenated alkanes) is 36. The topological polar surface area (TPSA) is 105 Å². The quantitative estimate of drug-likeness (QED) is 0.0243. The number of amides is 1. The number of rotatable bonds is 49. The molecular formula is C52H106N2O6P+. The smallest absolute Gasteiger partial charge is 0.387 e. The number of hydrogen-bond acceptors (Lipinski definition) is 5. The summed E-state index contributed by atoms with van der Waals surface area (Å²) in [5, 5.41) is 13.9. The predicted octanol–water partition coefficient (Wildman–Crippen LogP) is 15.5. The molecule has 61 heavy (non-hydrogen) atoms. The Labute approximate surface area is 380 Å². The maximum absolute atomic E-state index is 12.9. The van der Waals surface area contributed by atoms with Crippen LogP contribution in [0.5, 0.6) is 0 Å². The second-order valence-corrected chi connectivity index (χ2v) is 21.1. The summed E-state index contributed by atoms with van der Waals surface area (Å²) in [6.07, 6.45) is 53.0. The molecule has 0 fully saturated rings. The molecule has 0 aromatic rings. The first-order valence-corrected chi connectivity index (χ1v) is 28.1. The summed E-state index contributed by atoms with van der Waals surface area (Å²) < 4.78 is 23.6. The lowest BCUT2D eigenvalue weighted by atomic mass is 10.0. The Morgan fingerprint density at radius 1 is 0.541 bits per heavy atom. The van der Waals surface area contributed by atoms with Crippen molar-refractivity contribution in [1.82, 2.24) is 5.32 Å². The van der Waals surface area contributed by atoms with Gasteiger partial charge >= 0.3 is 7.82 Å². The van der Waals surface area contributed by atoms with E-state index in [1.54, 1.807) is 6.08 Å². The van der Waals surface area contributed by atoms with Gasteiger partial charge < -0.3 is 19.8 Å². The number of carbonyl (C=O) groups is 1. The zero-order chi connectivity index (χ0) is 45.0. The number of nitrogens with one attached hydrogen (secondary N) is 1. The molecule has 0 heterocycles. The van der Waals surface area contributed by atoms with Crippen molar-refractivity contribution in [2.45, 2.75) is 276 Å². The minimum atomic E-state index is -4.34. The van der Waals surface area contributed by atoms with Gasteiger partial charge in [0.05, 0.1) is 39.9 Å². The molecule has 0 spiro atoms. The van der Waals surface area contributed by atoms with E-state index >= 15 is 0 Å². The first-order chi connectivity index (χ1) is 29.5. The SMILES string of the molecule is CCCCCCCCCCCCCC/C=C/[C@@H](O)[C@H](COP(=O)(O)OCC[N+](C)(C)C)NC(=O)CCCCCCCCCCCCCCCCCCCCCCCCCCC. The molecule has 3 N–H and O–H groups in total. The van der Waals surface area contributed by atoms with Gasteiger partial charge in [-0.15, -0.1) is 0 Å². The Hall–Kier alpha value is -0.760. The first kappa shape index (κ1) is 60.2. The summed E-state index contributed by atoms with van der Waals surface area (Å²) >= 11 is 0. The highest BCUT2D eigenvalue weighted by molar-refractivity contribution is 7.47. The van der Waals surface area contributed by atoms with Gasteiger partial charge in [0.15, 0.2) is 0 Å². The Bertz CT molecular complexity index is 1000. The lowest BCUT2D eigenvalue weighted by molar-refractivity contribution is -0.870. The molecule has 0 aliphatic heterocycles. The number of quaternary nitrogens is 1. The first-order valence-electron chi connectivity index (χ1n) is 26.6. The Morgan fingerprint density at radius 2 is 0.869 bits per heavy atom. The van der Waals surface area contributed by atoms with Gasteiger partial charge in [-0.1, -0.05) is 251 Å². The molecule has 0 aromatic heterocycles. The van der Waals surface area contributed by atoms with Crippen molar-refractivity contribution in [3.8, 4) is 0 Å². The highest BCUT2D eigenvalue weighted by atomic mass is 31.2. The molecule has 3 atom stereocenters. The molecule has 0 aliphatic rings. The van der Waals surface area contributed by atoms with Gasteiger partial charge in [0.2, 0.25) is 5.91 Å². The van der Waals surface area contributed by atoms with E-state index in [-0.39, 0.29) is 19.1 Å². The molecule has 0 radical (unpaired) electrons. The van der Waals surface area contributed by atoms with Crippen LogP contribution in [0.2, 0.25) is 0 Å². The molecule has 8 nitrogen and oxygen atoms in total. The molecule has 0 aliphatic carbocycles. The van der Waals surface area contributed by atoms with Crippen molar-refractivity contribution in [1.29, 1.82) is 0 Å². The van der Waals surface area contributed by atoms with E-state index in [9.17, 15) is 19.4 Å². The fourth-order valence-electron chi connectivity index (χ4n) is 8.04. The summed E-state index contributed by atoms with van der Waals surface area (Å²) in [4.78, 5) is 23.2. The third kappa shape index (κ3) is 47.0. The standard InChI is InChI=1S/C52H105N2O6P/c1-6-8-10-12-14-16-18-20-22-23-24-25-26-27-28-29-30-31-32-34-36-38-40-42-44-46-52(56)53-50(49-60-61(57,58)59-48-47-54(3,4)5)51(55)45-43-41-39-37-35-33-21-19-17-15-13-11-9-7-2/h43,45,50-51,55H,6-42,44,46-49H2,1-5H3,(H-,53,56,57,58)/p+1/b45-43+/t50-,51+/m0/s1. The van der Waals surface area contributed by atoms with Crippen molar-refractivity contribution < 1.29 is 32.9 Å². The molecule has 1 unspecified atom stereocenters. The molecule has 0 aromatic carbocycles. The molecular weight excluding hydrogens is 780 g/mol. The minimum Gasteiger partial charge on any atom is -0.387 e. The van der Waals surface area contributed by atoms with Crippen LogP contribution in [-0.4, -0.2) is 73.4 Å². The molecule has 0 saturated heterocycles. The molecule has 0 rings (SSSR count). The number of aliphatic hydroxyl groups is 1. The Balaban J connectivity index is 4.15. The predicted molar refractivity (Wildman–Crippen MR) is 263 cm³/mol. The zero-order valence-corrected chi connectivity index (χ0v) is 42.3. The van der Waals surface area contributed by atoms with Crippen molar-refractivity contribution in [2.75, 3.05) is 40.9 Å². The van der Waals surface area contributed by atoms with Crippen LogP contribution in [-0.2, 0) is 18.4 Å². The number of phosphoric ester groups is 1. The summed E-state index contributed by atoms with van der Waals surface area (Å²) in [6.45, 7) is 4.85. The lowest BCUT2D eigenvalue weighted by Gasteiger charge is -2.25. The number of aliphatic hydroxyl groups excluding tert-OH is 1. The van der Waals surface area contributed by atoms with Crippen molar-refractivity contribution in [3.05, 3.63) is 12.2 Å². The van der Waals surface area contributed by atoms with Crippen molar-refractivity contribution in [2.24, 2.45) is 0 Å². The minimum absolute atomic E-state index is 0.0649. The lowest BCUT2D eigenvalue weighted by Crippen LogP contribution is -2.45. The maximum atomic E-state index is 12.9. The van der Waals surface area contributed by atoms with Crippen LogP contribution in [0.15, 0.2) is 12.2 Å². The van der Waals surface area contributed by atoms with Crippen LogP contribution in [0.1, 0.15) is 264 Å². The number of nitrogens with zero attached hydrogens (tertiary/aromatic N) is 1. The van der Waals surface area contributed by atoms with Crippen molar-refractivity contribution in [3.63, 3.8) is 0 Å². The van der Waals surface area contributed by atoms with Crippen LogP contribution in [0.25, 0.3) is 0 Å². The highest BCUT2D eigenvalue weighted by Gasteiger charge is 2.27. The number of hydrogen-bond donors (Lipinski definition) is 3. The van der Waals surface area contributed by atoms with Gasteiger partial charge in [-0.05, 0) is 19.3 Å². The van der Waals surface area contributed by atoms with Crippen LogP contribution in [0.3, 0.4) is 0 Å². The number of allylic oxidation sites excluding steroid dienone is 1. The maximum Gasteiger partial charge on any atom is 0.472 e. The average molecular weight is 886 g/mol.